The van der Waals surface area contributed by atoms with Crippen molar-refractivity contribution in [3.8, 4) is 11.5 Å². The molecule has 0 aliphatic carbocycles. The summed E-state index contributed by atoms with van der Waals surface area (Å²) in [4.78, 5) is 11.7. The van der Waals surface area contributed by atoms with Gasteiger partial charge >= 0.3 is 0 Å². The molecule has 0 bridgehead atoms. The lowest BCUT2D eigenvalue weighted by Gasteiger charge is -2.21. The lowest BCUT2D eigenvalue weighted by molar-refractivity contribution is -0.116. The first kappa shape index (κ1) is 11.1. The van der Waals surface area contributed by atoms with Crippen LogP contribution in [-0.2, 0) is 4.79 Å². The summed E-state index contributed by atoms with van der Waals surface area (Å²) < 4.78 is 11.5. The van der Waals surface area contributed by atoms with Gasteiger partial charge < -0.3 is 14.8 Å². The number of amides is 1. The molecule has 1 atom stereocenters. The molecule has 0 spiro atoms. The van der Waals surface area contributed by atoms with E-state index in [0.29, 0.717) is 11.5 Å². The maximum absolute atomic E-state index is 11.7. The van der Waals surface area contributed by atoms with Gasteiger partial charge in [0.2, 0.25) is 5.91 Å². The van der Waals surface area contributed by atoms with Gasteiger partial charge in [0, 0.05) is 0 Å². The Morgan fingerprint density at radius 2 is 2.11 bits per heavy atom. The minimum Gasteiger partial charge on any atom is -0.480 e. The van der Waals surface area contributed by atoms with E-state index in [1.807, 2.05) is 39.0 Å². The maximum atomic E-state index is 11.7. The fourth-order valence-corrected chi connectivity index (χ4v) is 2.22. The van der Waals surface area contributed by atoms with Crippen molar-refractivity contribution in [2.45, 2.75) is 32.3 Å². The van der Waals surface area contributed by atoms with Crippen LogP contribution in [0.2, 0.25) is 0 Å². The van der Waals surface area contributed by atoms with Crippen molar-refractivity contribution >= 4 is 11.6 Å². The van der Waals surface area contributed by atoms with Crippen molar-refractivity contribution < 1.29 is 14.3 Å². The van der Waals surface area contributed by atoms with Gasteiger partial charge in [0.15, 0.2) is 11.5 Å². The van der Waals surface area contributed by atoms with Crippen molar-refractivity contribution in [1.29, 1.82) is 0 Å². The first-order chi connectivity index (χ1) is 8.48. The molecular formula is C14H15NO3. The lowest BCUT2D eigenvalue weighted by Crippen LogP contribution is -2.24. The minimum absolute atomic E-state index is 0.00510. The Kier molecular flexibility index (Phi) is 2.17. The first-order valence-electron chi connectivity index (χ1n) is 5.99. The fourth-order valence-electron chi connectivity index (χ4n) is 2.22. The Bertz CT molecular complexity index is 560. The molecule has 1 aromatic carbocycles. The topological polar surface area (TPSA) is 47.6 Å². The monoisotopic (exact) mass is 245 g/mol. The van der Waals surface area contributed by atoms with Crippen LogP contribution in [0.3, 0.4) is 0 Å². The summed E-state index contributed by atoms with van der Waals surface area (Å²) in [6, 6.07) is 3.78. The van der Waals surface area contributed by atoms with E-state index in [-0.39, 0.29) is 11.8 Å². The fraction of sp³-hybridized carbons (Fsp3) is 0.357. The van der Waals surface area contributed by atoms with Gasteiger partial charge in [-0.05, 0) is 38.5 Å². The first-order valence-corrected chi connectivity index (χ1v) is 5.99. The molecule has 0 aromatic heterocycles. The van der Waals surface area contributed by atoms with Crippen molar-refractivity contribution in [1.82, 2.24) is 0 Å². The second kappa shape index (κ2) is 3.51. The molecule has 1 aromatic rings. The van der Waals surface area contributed by atoms with E-state index in [2.05, 4.69) is 5.32 Å². The summed E-state index contributed by atoms with van der Waals surface area (Å²) in [6.07, 6.45) is 3.46. The number of hydrogen-bond donors (Lipinski definition) is 1. The molecule has 1 unspecified atom stereocenters. The highest BCUT2D eigenvalue weighted by atomic mass is 16.5. The summed E-state index contributed by atoms with van der Waals surface area (Å²) in [6.45, 7) is 5.79. The van der Waals surface area contributed by atoms with Gasteiger partial charge in [0.1, 0.15) is 5.60 Å². The number of nitrogens with one attached hydrogen (secondary N) is 1. The number of ether oxygens (including phenoxy) is 2. The standard InChI is InChI=1S/C14H15NO3/c1-8-9-4-5-10-12(11(9)15-13(8)16)17-7-6-14(2,3)18-10/h4-8H,1-3H3,(H,15,16). The molecule has 0 radical (unpaired) electrons. The molecule has 2 aliphatic rings. The van der Waals surface area contributed by atoms with Gasteiger partial charge in [-0.25, -0.2) is 0 Å². The predicted molar refractivity (Wildman–Crippen MR) is 68.0 cm³/mol. The van der Waals surface area contributed by atoms with E-state index in [0.717, 1.165) is 11.3 Å². The van der Waals surface area contributed by atoms with Gasteiger partial charge in [-0.2, -0.15) is 0 Å². The Hall–Kier alpha value is -1.97. The molecular weight excluding hydrogens is 230 g/mol. The van der Waals surface area contributed by atoms with Crippen LogP contribution in [0, 0.1) is 0 Å². The number of hydrogen-bond acceptors (Lipinski definition) is 3. The van der Waals surface area contributed by atoms with E-state index in [1.54, 1.807) is 6.26 Å². The smallest absolute Gasteiger partial charge is 0.231 e. The maximum Gasteiger partial charge on any atom is 0.231 e. The third kappa shape index (κ3) is 1.56. The van der Waals surface area contributed by atoms with E-state index >= 15 is 0 Å². The third-order valence-electron chi connectivity index (χ3n) is 3.29. The highest BCUT2D eigenvalue weighted by Gasteiger charge is 2.33. The van der Waals surface area contributed by atoms with Gasteiger partial charge in [0.05, 0.1) is 17.9 Å². The van der Waals surface area contributed by atoms with Crippen LogP contribution in [-0.4, -0.2) is 11.5 Å². The Labute approximate surface area is 106 Å². The summed E-state index contributed by atoms with van der Waals surface area (Å²) in [5, 5.41) is 2.85. The van der Waals surface area contributed by atoms with Crippen molar-refractivity contribution in [2.24, 2.45) is 0 Å². The number of rotatable bonds is 0. The average molecular weight is 245 g/mol. The lowest BCUT2D eigenvalue weighted by atomic mass is 10.0. The van der Waals surface area contributed by atoms with Crippen LogP contribution in [0.5, 0.6) is 11.5 Å². The summed E-state index contributed by atoms with van der Waals surface area (Å²) in [7, 11) is 0. The molecule has 94 valence electrons. The van der Waals surface area contributed by atoms with E-state index in [4.69, 9.17) is 9.47 Å². The summed E-state index contributed by atoms with van der Waals surface area (Å²) in [5.74, 6) is 1.09. The number of fused-ring (bicyclic) bond motifs is 3. The van der Waals surface area contributed by atoms with Crippen LogP contribution in [0.15, 0.2) is 24.5 Å². The normalized spacial score (nSPS) is 23.3. The minimum atomic E-state index is -0.423. The molecule has 2 aliphatic heterocycles. The molecule has 1 N–H and O–H groups in total. The average Bonchev–Trinajstić information content (AvgIpc) is 2.49. The number of anilines is 1. The number of benzene rings is 1. The third-order valence-corrected chi connectivity index (χ3v) is 3.29. The van der Waals surface area contributed by atoms with Gasteiger partial charge in [-0.15, -0.1) is 0 Å². The van der Waals surface area contributed by atoms with Crippen LogP contribution in [0.4, 0.5) is 5.69 Å². The largest absolute Gasteiger partial charge is 0.480 e. The molecule has 18 heavy (non-hydrogen) atoms. The number of carbonyl (C=O) groups is 1. The molecule has 2 heterocycles. The molecule has 0 fully saturated rings. The van der Waals surface area contributed by atoms with Crippen molar-refractivity contribution in [2.75, 3.05) is 5.32 Å². The molecule has 3 rings (SSSR count). The van der Waals surface area contributed by atoms with Gasteiger partial charge in [-0.1, -0.05) is 6.07 Å². The predicted octanol–water partition coefficient (Wildman–Crippen LogP) is 2.81. The quantitative estimate of drug-likeness (QED) is 0.764. The Morgan fingerprint density at radius 1 is 1.33 bits per heavy atom. The highest BCUT2D eigenvalue weighted by molar-refractivity contribution is 6.04. The zero-order valence-electron chi connectivity index (χ0n) is 10.6. The molecule has 1 amide bonds. The van der Waals surface area contributed by atoms with Gasteiger partial charge in [0.25, 0.3) is 0 Å². The summed E-state index contributed by atoms with van der Waals surface area (Å²) in [5.41, 5.74) is 1.26. The van der Waals surface area contributed by atoms with Crippen LogP contribution in [0.25, 0.3) is 0 Å². The molecule has 0 saturated heterocycles. The zero-order valence-corrected chi connectivity index (χ0v) is 10.6. The zero-order chi connectivity index (χ0) is 12.9. The second-order valence-corrected chi connectivity index (χ2v) is 5.19. The Morgan fingerprint density at radius 3 is 2.89 bits per heavy atom. The van der Waals surface area contributed by atoms with Crippen LogP contribution in [0.1, 0.15) is 32.3 Å². The molecule has 0 saturated carbocycles. The van der Waals surface area contributed by atoms with Crippen LogP contribution < -0.4 is 14.8 Å². The SMILES string of the molecule is CC1C(=O)Nc2c1ccc1c2OC=CC(C)(C)O1. The highest BCUT2D eigenvalue weighted by Crippen LogP contribution is 2.46. The molecule has 4 heteroatoms. The van der Waals surface area contributed by atoms with E-state index in [1.165, 1.54) is 0 Å². The number of carbonyl (C=O) groups excluding carboxylic acids is 1. The Balaban J connectivity index is 2.13. The summed E-state index contributed by atoms with van der Waals surface area (Å²) >= 11 is 0. The van der Waals surface area contributed by atoms with Crippen molar-refractivity contribution in [3.63, 3.8) is 0 Å². The van der Waals surface area contributed by atoms with Gasteiger partial charge in [-0.3, -0.25) is 4.79 Å². The van der Waals surface area contributed by atoms with Crippen LogP contribution >= 0.6 is 0 Å². The second-order valence-electron chi connectivity index (χ2n) is 5.19. The van der Waals surface area contributed by atoms with Crippen molar-refractivity contribution in [3.05, 3.63) is 30.0 Å². The molecule has 4 nitrogen and oxygen atoms in total. The van der Waals surface area contributed by atoms with E-state index in [9.17, 15) is 4.79 Å². The van der Waals surface area contributed by atoms with E-state index < -0.39 is 5.60 Å².